The molecule has 0 unspecified atom stereocenters. The summed E-state index contributed by atoms with van der Waals surface area (Å²) >= 11 is 0. The quantitative estimate of drug-likeness (QED) is 0.677. The van der Waals surface area contributed by atoms with E-state index in [0.29, 0.717) is 11.1 Å². The van der Waals surface area contributed by atoms with Crippen molar-refractivity contribution in [3.8, 4) is 11.1 Å². The lowest BCUT2D eigenvalue weighted by Gasteiger charge is -2.07. The number of nitrogens with one attached hydrogen (secondary N) is 2. The Bertz CT molecular complexity index is 766. The number of halogens is 1. The lowest BCUT2D eigenvalue weighted by Crippen LogP contribution is -1.99. The first-order valence-corrected chi connectivity index (χ1v) is 5.63. The van der Waals surface area contributed by atoms with Crippen molar-refractivity contribution in [1.82, 2.24) is 9.97 Å². The van der Waals surface area contributed by atoms with Crippen LogP contribution in [0.5, 0.6) is 0 Å². The smallest absolute Gasteiger partial charge is 0.306 e. The van der Waals surface area contributed by atoms with Gasteiger partial charge in [-0.05, 0) is 36.2 Å². The lowest BCUT2D eigenvalue weighted by atomic mass is 9.99. The molecule has 0 aliphatic rings. The van der Waals surface area contributed by atoms with Crippen molar-refractivity contribution >= 4 is 11.0 Å². The number of H-pyrrole nitrogens is 2. The first kappa shape index (κ1) is 10.8. The molecule has 3 nitrogen and oxygen atoms in total. The van der Waals surface area contributed by atoms with Gasteiger partial charge >= 0.3 is 5.69 Å². The van der Waals surface area contributed by atoms with Crippen LogP contribution in [0.3, 0.4) is 0 Å². The Hall–Kier alpha value is -2.36. The molecule has 0 fully saturated rings. The molecule has 4 heteroatoms. The van der Waals surface area contributed by atoms with Gasteiger partial charge in [-0.1, -0.05) is 18.2 Å². The highest BCUT2D eigenvalue weighted by Crippen LogP contribution is 2.27. The van der Waals surface area contributed by atoms with E-state index in [1.807, 2.05) is 13.0 Å². The molecule has 0 saturated carbocycles. The molecule has 2 N–H and O–H groups in total. The van der Waals surface area contributed by atoms with Gasteiger partial charge in [-0.3, -0.25) is 0 Å². The average molecular weight is 242 g/mol. The summed E-state index contributed by atoms with van der Waals surface area (Å²) in [5.41, 5.74) is 3.34. The second kappa shape index (κ2) is 3.84. The van der Waals surface area contributed by atoms with Crippen LogP contribution in [0, 0.1) is 12.7 Å². The van der Waals surface area contributed by atoms with Crippen LogP contribution < -0.4 is 5.69 Å². The molecular weight excluding hydrogens is 231 g/mol. The van der Waals surface area contributed by atoms with Crippen molar-refractivity contribution in [2.24, 2.45) is 0 Å². The third-order valence-electron chi connectivity index (χ3n) is 3.03. The minimum Gasteiger partial charge on any atom is -0.306 e. The molecule has 1 aromatic heterocycles. The largest absolute Gasteiger partial charge is 0.323 e. The van der Waals surface area contributed by atoms with Gasteiger partial charge in [0.15, 0.2) is 0 Å². The van der Waals surface area contributed by atoms with Crippen molar-refractivity contribution in [3.05, 3.63) is 58.3 Å². The van der Waals surface area contributed by atoms with E-state index in [1.165, 1.54) is 6.07 Å². The molecule has 0 bridgehead atoms. The van der Waals surface area contributed by atoms with E-state index in [4.69, 9.17) is 0 Å². The molecular formula is C14H11FN2O. The van der Waals surface area contributed by atoms with Crippen LogP contribution in [0.1, 0.15) is 5.56 Å². The van der Waals surface area contributed by atoms with Gasteiger partial charge in [0, 0.05) is 5.56 Å². The van der Waals surface area contributed by atoms with Crippen LogP contribution in [0.4, 0.5) is 4.39 Å². The predicted molar refractivity (Wildman–Crippen MR) is 69.1 cm³/mol. The van der Waals surface area contributed by atoms with Gasteiger partial charge in [-0.15, -0.1) is 0 Å². The summed E-state index contributed by atoms with van der Waals surface area (Å²) in [5, 5.41) is 0. The second-order valence-corrected chi connectivity index (χ2v) is 4.27. The molecule has 90 valence electrons. The Kier molecular flexibility index (Phi) is 2.30. The van der Waals surface area contributed by atoms with Gasteiger partial charge in [0.25, 0.3) is 0 Å². The van der Waals surface area contributed by atoms with E-state index < -0.39 is 0 Å². The molecule has 0 aliphatic carbocycles. The lowest BCUT2D eigenvalue weighted by molar-refractivity contribution is 0.630. The standard InChI is InChI=1S/C14H11FN2O/c1-8-3-2-4-10(15)13(8)9-5-6-11-12(7-9)17-14(18)16-11/h2-7H,1H3,(H2,16,17,18). The van der Waals surface area contributed by atoms with Crippen molar-refractivity contribution in [3.63, 3.8) is 0 Å². The van der Waals surface area contributed by atoms with E-state index in [-0.39, 0.29) is 11.5 Å². The Morgan fingerprint density at radius 2 is 1.83 bits per heavy atom. The summed E-state index contributed by atoms with van der Waals surface area (Å²) in [6.07, 6.45) is 0. The number of aromatic nitrogens is 2. The van der Waals surface area contributed by atoms with Crippen LogP contribution in [-0.4, -0.2) is 9.97 Å². The van der Waals surface area contributed by atoms with Crippen molar-refractivity contribution < 1.29 is 4.39 Å². The van der Waals surface area contributed by atoms with Gasteiger partial charge < -0.3 is 9.97 Å². The number of aryl methyl sites for hydroxylation is 1. The van der Waals surface area contributed by atoms with E-state index in [2.05, 4.69) is 9.97 Å². The van der Waals surface area contributed by atoms with Gasteiger partial charge in [0.05, 0.1) is 11.0 Å². The molecule has 3 rings (SSSR count). The summed E-state index contributed by atoms with van der Waals surface area (Å²) in [4.78, 5) is 16.5. The van der Waals surface area contributed by atoms with Crippen LogP contribution in [0.25, 0.3) is 22.2 Å². The number of aromatic amines is 2. The summed E-state index contributed by atoms with van der Waals surface area (Å²) in [7, 11) is 0. The third-order valence-corrected chi connectivity index (χ3v) is 3.03. The SMILES string of the molecule is Cc1cccc(F)c1-c1ccc2[nH]c(=O)[nH]c2c1. The number of imidazole rings is 1. The zero-order chi connectivity index (χ0) is 12.7. The minimum atomic E-state index is -0.257. The summed E-state index contributed by atoms with van der Waals surface area (Å²) < 4.78 is 13.9. The Morgan fingerprint density at radius 1 is 1.06 bits per heavy atom. The van der Waals surface area contributed by atoms with E-state index in [9.17, 15) is 9.18 Å². The maximum atomic E-state index is 13.9. The number of fused-ring (bicyclic) bond motifs is 1. The molecule has 0 saturated heterocycles. The molecule has 2 aromatic carbocycles. The molecule has 3 aromatic rings. The van der Waals surface area contributed by atoms with Crippen LogP contribution in [0.15, 0.2) is 41.2 Å². The average Bonchev–Trinajstić information content (AvgIpc) is 2.68. The first-order chi connectivity index (χ1) is 8.65. The Morgan fingerprint density at radius 3 is 2.61 bits per heavy atom. The van der Waals surface area contributed by atoms with Crippen molar-refractivity contribution in [2.75, 3.05) is 0 Å². The number of hydrogen-bond acceptors (Lipinski definition) is 1. The van der Waals surface area contributed by atoms with Gasteiger partial charge in [0.1, 0.15) is 5.82 Å². The zero-order valence-electron chi connectivity index (χ0n) is 9.75. The summed E-state index contributed by atoms with van der Waals surface area (Å²) in [6.45, 7) is 1.86. The Labute approximate surface area is 102 Å². The zero-order valence-corrected chi connectivity index (χ0v) is 9.75. The number of hydrogen-bond donors (Lipinski definition) is 2. The highest BCUT2D eigenvalue weighted by atomic mass is 19.1. The molecule has 0 atom stereocenters. The molecule has 0 radical (unpaired) electrons. The minimum absolute atomic E-state index is 0.257. The molecule has 18 heavy (non-hydrogen) atoms. The van der Waals surface area contributed by atoms with E-state index in [0.717, 1.165) is 16.6 Å². The number of benzene rings is 2. The fourth-order valence-corrected chi connectivity index (χ4v) is 2.19. The van der Waals surface area contributed by atoms with E-state index in [1.54, 1.807) is 24.3 Å². The van der Waals surface area contributed by atoms with E-state index >= 15 is 0 Å². The number of rotatable bonds is 1. The topological polar surface area (TPSA) is 48.6 Å². The van der Waals surface area contributed by atoms with Crippen LogP contribution in [-0.2, 0) is 0 Å². The van der Waals surface area contributed by atoms with Crippen molar-refractivity contribution in [2.45, 2.75) is 6.92 Å². The summed E-state index contributed by atoms with van der Waals surface area (Å²) in [5.74, 6) is -0.257. The normalized spacial score (nSPS) is 11.0. The first-order valence-electron chi connectivity index (χ1n) is 5.63. The molecule has 0 spiro atoms. The van der Waals surface area contributed by atoms with Gasteiger partial charge in [-0.2, -0.15) is 0 Å². The fraction of sp³-hybridized carbons (Fsp3) is 0.0714. The maximum absolute atomic E-state index is 13.9. The molecule has 1 heterocycles. The van der Waals surface area contributed by atoms with Crippen LogP contribution in [0.2, 0.25) is 0 Å². The highest BCUT2D eigenvalue weighted by Gasteiger charge is 2.09. The van der Waals surface area contributed by atoms with Crippen LogP contribution >= 0.6 is 0 Å². The van der Waals surface area contributed by atoms with Gasteiger partial charge in [-0.25, -0.2) is 9.18 Å². The van der Waals surface area contributed by atoms with Crippen molar-refractivity contribution in [1.29, 1.82) is 0 Å². The third kappa shape index (κ3) is 1.62. The Balaban J connectivity index is 2.28. The summed E-state index contributed by atoms with van der Waals surface area (Å²) in [6, 6.07) is 10.3. The maximum Gasteiger partial charge on any atom is 0.323 e. The molecule has 0 aliphatic heterocycles. The second-order valence-electron chi connectivity index (χ2n) is 4.27. The monoisotopic (exact) mass is 242 g/mol. The predicted octanol–water partition coefficient (Wildman–Crippen LogP) is 2.97. The highest BCUT2D eigenvalue weighted by molar-refractivity contribution is 5.82. The fourth-order valence-electron chi connectivity index (χ4n) is 2.19. The molecule has 0 amide bonds. The van der Waals surface area contributed by atoms with Gasteiger partial charge in [0.2, 0.25) is 0 Å².